The number of hydrogen-bond donors (Lipinski definition) is 1. The van der Waals surface area contributed by atoms with E-state index in [-0.39, 0.29) is 12.6 Å². The number of nitrogens with one attached hydrogen (secondary N) is 1. The maximum absolute atomic E-state index is 13.3. The van der Waals surface area contributed by atoms with Crippen molar-refractivity contribution in [3.63, 3.8) is 0 Å². The lowest BCUT2D eigenvalue weighted by Crippen LogP contribution is -2.72. The van der Waals surface area contributed by atoms with Crippen LogP contribution in [-0.4, -0.2) is 31.4 Å². The zero-order valence-electron chi connectivity index (χ0n) is 17.8. The van der Waals surface area contributed by atoms with Gasteiger partial charge in [-0.3, -0.25) is 9.69 Å². The number of para-hydroxylation sites is 1. The molecule has 0 aromatic heterocycles. The van der Waals surface area contributed by atoms with Gasteiger partial charge >= 0.3 is 12.0 Å². The molecule has 3 atom stereocenters. The number of esters is 1. The minimum Gasteiger partial charge on any atom is -0.493 e. The Morgan fingerprint density at radius 2 is 1.93 bits per heavy atom. The summed E-state index contributed by atoms with van der Waals surface area (Å²) in [4.78, 5) is 27.9. The van der Waals surface area contributed by atoms with Crippen molar-refractivity contribution in [2.75, 3.05) is 18.6 Å². The van der Waals surface area contributed by atoms with Crippen molar-refractivity contribution in [2.24, 2.45) is 5.92 Å². The molecule has 1 fully saturated rings. The molecule has 2 heterocycles. The van der Waals surface area contributed by atoms with E-state index in [1.807, 2.05) is 44.2 Å². The van der Waals surface area contributed by atoms with Crippen LogP contribution >= 0.6 is 0 Å². The maximum Gasteiger partial charge on any atom is 0.325 e. The molecule has 2 aliphatic heterocycles. The number of anilines is 1. The number of fused-ring (bicyclic) bond motifs is 4. The summed E-state index contributed by atoms with van der Waals surface area (Å²) in [6.07, 6.45) is 0. The standard InChI is InChI=1S/C23H26N2O5/c1-6-29-21(26)18-19-16-8-7-9-17(28-5)20(16)30-23(18,4)25(22(27)24-19)15-11-13(2)10-14(3)12-15/h7-12,18-19H,6H2,1-5H3,(H,24,27). The van der Waals surface area contributed by atoms with Crippen molar-refractivity contribution in [1.29, 1.82) is 0 Å². The molecule has 0 aliphatic carbocycles. The van der Waals surface area contributed by atoms with Crippen LogP contribution in [0.25, 0.3) is 0 Å². The van der Waals surface area contributed by atoms with Gasteiger partial charge in [-0.2, -0.15) is 0 Å². The average Bonchev–Trinajstić information content (AvgIpc) is 2.66. The Bertz CT molecular complexity index is 1000. The van der Waals surface area contributed by atoms with Gasteiger partial charge < -0.3 is 19.5 Å². The van der Waals surface area contributed by atoms with Crippen LogP contribution in [-0.2, 0) is 9.53 Å². The second kappa shape index (κ2) is 7.23. The molecule has 2 aromatic rings. The summed E-state index contributed by atoms with van der Waals surface area (Å²) >= 11 is 0. The molecule has 3 unspecified atom stereocenters. The highest BCUT2D eigenvalue weighted by atomic mass is 16.6. The third-order valence-electron chi connectivity index (χ3n) is 5.71. The average molecular weight is 410 g/mol. The number of hydrogen-bond acceptors (Lipinski definition) is 5. The van der Waals surface area contributed by atoms with Crippen LogP contribution in [0.5, 0.6) is 11.5 Å². The van der Waals surface area contributed by atoms with Gasteiger partial charge in [-0.15, -0.1) is 0 Å². The number of carbonyl (C=O) groups is 2. The van der Waals surface area contributed by atoms with E-state index in [1.165, 1.54) is 4.90 Å². The van der Waals surface area contributed by atoms with E-state index in [4.69, 9.17) is 14.2 Å². The van der Waals surface area contributed by atoms with Crippen molar-refractivity contribution in [2.45, 2.75) is 39.5 Å². The number of rotatable bonds is 4. The molecule has 158 valence electrons. The highest BCUT2D eigenvalue weighted by Crippen LogP contribution is 2.52. The molecule has 2 bridgehead atoms. The molecule has 30 heavy (non-hydrogen) atoms. The molecule has 0 radical (unpaired) electrons. The van der Waals surface area contributed by atoms with E-state index >= 15 is 0 Å². The second-order valence-electron chi connectivity index (χ2n) is 7.87. The van der Waals surface area contributed by atoms with Gasteiger partial charge in [0.25, 0.3) is 0 Å². The fourth-order valence-corrected chi connectivity index (χ4v) is 4.59. The van der Waals surface area contributed by atoms with E-state index in [1.54, 1.807) is 27.0 Å². The molecule has 7 nitrogen and oxygen atoms in total. The summed E-state index contributed by atoms with van der Waals surface area (Å²) in [5, 5.41) is 3.01. The Hall–Kier alpha value is -3.22. The minimum absolute atomic E-state index is 0.237. The van der Waals surface area contributed by atoms with Crippen molar-refractivity contribution in [1.82, 2.24) is 5.32 Å². The fraction of sp³-hybridized carbons (Fsp3) is 0.391. The van der Waals surface area contributed by atoms with Crippen LogP contribution in [0.2, 0.25) is 0 Å². The molecule has 1 N–H and O–H groups in total. The van der Waals surface area contributed by atoms with Crippen molar-refractivity contribution < 1.29 is 23.8 Å². The van der Waals surface area contributed by atoms with Crippen LogP contribution in [0.15, 0.2) is 36.4 Å². The van der Waals surface area contributed by atoms with Gasteiger partial charge in [0.05, 0.1) is 19.8 Å². The van der Waals surface area contributed by atoms with E-state index in [2.05, 4.69) is 5.32 Å². The summed E-state index contributed by atoms with van der Waals surface area (Å²) < 4.78 is 17.3. The molecule has 4 rings (SSSR count). The molecule has 2 amide bonds. The number of ether oxygens (including phenoxy) is 3. The van der Waals surface area contributed by atoms with E-state index in [0.717, 1.165) is 11.1 Å². The Morgan fingerprint density at radius 3 is 2.57 bits per heavy atom. The highest BCUT2D eigenvalue weighted by molar-refractivity contribution is 5.98. The molecular formula is C23H26N2O5. The van der Waals surface area contributed by atoms with Crippen molar-refractivity contribution in [3.05, 3.63) is 53.1 Å². The van der Waals surface area contributed by atoms with Crippen LogP contribution < -0.4 is 19.7 Å². The van der Waals surface area contributed by atoms with Crippen molar-refractivity contribution in [3.8, 4) is 11.5 Å². The van der Waals surface area contributed by atoms with E-state index in [9.17, 15) is 9.59 Å². The Kier molecular flexibility index (Phi) is 4.84. The zero-order chi connectivity index (χ0) is 21.6. The number of amides is 2. The molecule has 2 aromatic carbocycles. The number of carbonyl (C=O) groups excluding carboxylic acids is 2. The summed E-state index contributed by atoms with van der Waals surface area (Å²) in [5.74, 6) is -0.131. The minimum atomic E-state index is -1.30. The normalized spacial score (nSPS) is 24.4. The smallest absolute Gasteiger partial charge is 0.325 e. The van der Waals surface area contributed by atoms with Gasteiger partial charge in [0.2, 0.25) is 5.72 Å². The Balaban J connectivity index is 1.94. The molecule has 1 saturated heterocycles. The van der Waals surface area contributed by atoms with Gasteiger partial charge in [0, 0.05) is 11.3 Å². The maximum atomic E-state index is 13.3. The van der Waals surface area contributed by atoms with Gasteiger partial charge in [-0.05, 0) is 57.0 Å². The number of urea groups is 1. The van der Waals surface area contributed by atoms with Crippen LogP contribution in [0.4, 0.5) is 10.5 Å². The van der Waals surface area contributed by atoms with Crippen LogP contribution in [0.3, 0.4) is 0 Å². The highest BCUT2D eigenvalue weighted by Gasteiger charge is 2.61. The van der Waals surface area contributed by atoms with Gasteiger partial charge in [-0.25, -0.2) is 4.79 Å². The molecule has 2 aliphatic rings. The third kappa shape index (κ3) is 2.96. The van der Waals surface area contributed by atoms with Crippen molar-refractivity contribution >= 4 is 17.7 Å². The zero-order valence-corrected chi connectivity index (χ0v) is 17.8. The largest absolute Gasteiger partial charge is 0.493 e. The second-order valence-corrected chi connectivity index (χ2v) is 7.87. The van der Waals surface area contributed by atoms with Crippen LogP contribution in [0, 0.1) is 19.8 Å². The summed E-state index contributed by atoms with van der Waals surface area (Å²) in [6.45, 7) is 7.68. The number of benzene rings is 2. The predicted octanol–water partition coefficient (Wildman–Crippen LogP) is 3.87. The van der Waals surface area contributed by atoms with Gasteiger partial charge in [0.1, 0.15) is 5.92 Å². The molecule has 0 saturated carbocycles. The number of methoxy groups -OCH3 is 1. The lowest BCUT2D eigenvalue weighted by atomic mass is 9.79. The molecule has 0 spiro atoms. The first kappa shape index (κ1) is 20.1. The Morgan fingerprint density at radius 1 is 1.23 bits per heavy atom. The third-order valence-corrected chi connectivity index (χ3v) is 5.71. The predicted molar refractivity (Wildman–Crippen MR) is 112 cm³/mol. The van der Waals surface area contributed by atoms with E-state index in [0.29, 0.717) is 22.7 Å². The monoisotopic (exact) mass is 410 g/mol. The summed E-state index contributed by atoms with van der Waals surface area (Å²) in [6, 6.07) is 10.4. The first-order chi connectivity index (χ1) is 14.3. The Labute approximate surface area is 175 Å². The molecular weight excluding hydrogens is 384 g/mol. The van der Waals surface area contributed by atoms with Gasteiger partial charge in [-0.1, -0.05) is 18.2 Å². The van der Waals surface area contributed by atoms with Gasteiger partial charge in [0.15, 0.2) is 11.5 Å². The first-order valence-electron chi connectivity index (χ1n) is 10.0. The first-order valence-corrected chi connectivity index (χ1v) is 10.0. The summed E-state index contributed by atoms with van der Waals surface area (Å²) in [7, 11) is 1.56. The SMILES string of the molecule is CCOC(=O)C1C2NC(=O)N(c3cc(C)cc(C)c3)C1(C)Oc1c(OC)cccc12. The topological polar surface area (TPSA) is 77.1 Å². The lowest BCUT2D eigenvalue weighted by Gasteiger charge is -2.54. The molecule has 7 heteroatoms. The quantitative estimate of drug-likeness (QED) is 0.775. The number of aryl methyl sites for hydroxylation is 2. The fourth-order valence-electron chi connectivity index (χ4n) is 4.59. The van der Waals surface area contributed by atoms with E-state index < -0.39 is 23.7 Å². The number of nitrogens with zero attached hydrogens (tertiary/aromatic N) is 1. The lowest BCUT2D eigenvalue weighted by molar-refractivity contribution is -0.160. The van der Waals surface area contributed by atoms with Crippen LogP contribution in [0.1, 0.15) is 36.6 Å². The summed E-state index contributed by atoms with van der Waals surface area (Å²) in [5.41, 5.74) is 2.05.